The van der Waals surface area contributed by atoms with Crippen LogP contribution in [0.15, 0.2) is 30.9 Å². The maximum Gasteiger partial charge on any atom is 0.123 e. The lowest BCUT2D eigenvalue weighted by molar-refractivity contribution is 0.623. The molecule has 1 radical (unpaired) electrons. The van der Waals surface area contributed by atoms with Gasteiger partial charge in [0.1, 0.15) is 5.82 Å². The Bertz CT molecular complexity index is 326. The topological polar surface area (TPSA) is 0 Å². The summed E-state index contributed by atoms with van der Waals surface area (Å²) in [5.41, 5.74) is 2.08. The first-order chi connectivity index (χ1) is 6.56. The minimum absolute atomic E-state index is 0.0388. The van der Waals surface area contributed by atoms with E-state index < -0.39 is 0 Å². The number of halogens is 1. The van der Waals surface area contributed by atoms with Crippen molar-refractivity contribution < 1.29 is 4.39 Å². The molecule has 1 unspecified atom stereocenters. The van der Waals surface area contributed by atoms with E-state index in [2.05, 4.69) is 27.4 Å². The van der Waals surface area contributed by atoms with E-state index in [4.69, 9.17) is 0 Å². The molecule has 75 valence electrons. The van der Waals surface area contributed by atoms with E-state index in [1.54, 1.807) is 12.1 Å². The minimum Gasteiger partial charge on any atom is -0.207 e. The predicted octanol–water partition coefficient (Wildman–Crippen LogP) is 4.05. The highest BCUT2D eigenvalue weighted by Gasteiger charge is 2.11. The molecule has 1 rings (SSSR count). The molecule has 1 atom stereocenters. The van der Waals surface area contributed by atoms with Gasteiger partial charge in [-0.3, -0.25) is 0 Å². The molecule has 0 spiro atoms. The molecule has 0 nitrogen and oxygen atoms in total. The molecular weight excluding hydrogens is 175 g/mol. The molecule has 1 heteroatoms. The van der Waals surface area contributed by atoms with Crippen LogP contribution < -0.4 is 0 Å². The summed E-state index contributed by atoms with van der Waals surface area (Å²) in [5, 5.41) is 0. The van der Waals surface area contributed by atoms with E-state index in [0.717, 1.165) is 11.1 Å². The van der Waals surface area contributed by atoms with Gasteiger partial charge in [-0.25, -0.2) is 4.39 Å². The highest BCUT2D eigenvalue weighted by molar-refractivity contribution is 5.36. The van der Waals surface area contributed by atoms with Gasteiger partial charge in [-0.2, -0.15) is 0 Å². The van der Waals surface area contributed by atoms with E-state index >= 15 is 0 Å². The predicted molar refractivity (Wildman–Crippen MR) is 58.8 cm³/mol. The van der Waals surface area contributed by atoms with Crippen LogP contribution in [0.4, 0.5) is 4.39 Å². The number of allylic oxidation sites excluding steroid dienone is 1. The maximum absolute atomic E-state index is 13.0. The van der Waals surface area contributed by atoms with Gasteiger partial charge in [0.2, 0.25) is 0 Å². The van der Waals surface area contributed by atoms with Crippen molar-refractivity contribution in [3.63, 3.8) is 0 Å². The molecule has 0 saturated heterocycles. The summed E-state index contributed by atoms with van der Waals surface area (Å²) in [6.45, 7) is 11.8. The first-order valence-corrected chi connectivity index (χ1v) is 4.81. The highest BCUT2D eigenvalue weighted by Crippen LogP contribution is 2.27. The van der Waals surface area contributed by atoms with Crippen molar-refractivity contribution in [3.05, 3.63) is 54.7 Å². The van der Waals surface area contributed by atoms with Crippen LogP contribution in [-0.4, -0.2) is 0 Å². The lowest BCUT2D eigenvalue weighted by Gasteiger charge is -2.15. The zero-order valence-electron chi connectivity index (χ0n) is 8.76. The van der Waals surface area contributed by atoms with E-state index in [-0.39, 0.29) is 11.7 Å². The minimum atomic E-state index is -0.208. The average Bonchev–Trinajstić information content (AvgIpc) is 2.16. The van der Waals surface area contributed by atoms with Gasteiger partial charge in [0.25, 0.3) is 0 Å². The molecule has 0 aromatic heterocycles. The Morgan fingerprint density at radius 1 is 1.29 bits per heavy atom. The van der Waals surface area contributed by atoms with E-state index in [9.17, 15) is 4.39 Å². The third-order valence-electron chi connectivity index (χ3n) is 2.35. The summed E-state index contributed by atoms with van der Waals surface area (Å²) in [5.74, 6) is 0.137. The molecule has 14 heavy (non-hydrogen) atoms. The molecule has 0 fully saturated rings. The molecule has 0 bridgehead atoms. The molecule has 0 aliphatic carbocycles. The fourth-order valence-electron chi connectivity index (χ4n) is 1.52. The number of benzene rings is 1. The van der Waals surface area contributed by atoms with Gasteiger partial charge in [-0.05, 0) is 36.1 Å². The SMILES string of the molecule is [CH2]C(C=C)c1cc(F)ccc1C(C)C. The first-order valence-electron chi connectivity index (χ1n) is 4.81. The van der Waals surface area contributed by atoms with Crippen LogP contribution in [0.2, 0.25) is 0 Å². The van der Waals surface area contributed by atoms with Crippen molar-refractivity contribution in [1.82, 2.24) is 0 Å². The molecule has 1 aromatic rings. The molecule has 1 aromatic carbocycles. The average molecular weight is 191 g/mol. The third kappa shape index (κ3) is 2.22. The highest BCUT2D eigenvalue weighted by atomic mass is 19.1. The Balaban J connectivity index is 3.22. The molecular formula is C13H16F. The van der Waals surface area contributed by atoms with E-state index in [0.29, 0.717) is 5.92 Å². The normalized spacial score (nSPS) is 12.9. The van der Waals surface area contributed by atoms with Crippen LogP contribution in [0.25, 0.3) is 0 Å². The number of hydrogen-bond acceptors (Lipinski definition) is 0. The van der Waals surface area contributed by atoms with Gasteiger partial charge in [-0.15, -0.1) is 6.58 Å². The summed E-state index contributed by atoms with van der Waals surface area (Å²) in [4.78, 5) is 0. The van der Waals surface area contributed by atoms with Crippen LogP contribution in [0.1, 0.15) is 36.8 Å². The van der Waals surface area contributed by atoms with Crippen LogP contribution in [0, 0.1) is 12.7 Å². The van der Waals surface area contributed by atoms with Gasteiger partial charge >= 0.3 is 0 Å². The summed E-state index contributed by atoms with van der Waals surface area (Å²) in [6, 6.07) is 4.88. The second-order valence-electron chi connectivity index (χ2n) is 3.77. The second-order valence-corrected chi connectivity index (χ2v) is 3.77. The van der Waals surface area contributed by atoms with Crippen molar-refractivity contribution in [2.24, 2.45) is 0 Å². The van der Waals surface area contributed by atoms with Crippen LogP contribution in [0.3, 0.4) is 0 Å². The van der Waals surface area contributed by atoms with Crippen molar-refractivity contribution in [1.29, 1.82) is 0 Å². The molecule has 0 heterocycles. The van der Waals surface area contributed by atoms with Crippen molar-refractivity contribution in [2.75, 3.05) is 0 Å². The zero-order chi connectivity index (χ0) is 10.7. The van der Waals surface area contributed by atoms with Gasteiger partial charge < -0.3 is 0 Å². The van der Waals surface area contributed by atoms with Crippen molar-refractivity contribution >= 4 is 0 Å². The fourth-order valence-corrected chi connectivity index (χ4v) is 1.52. The Morgan fingerprint density at radius 3 is 2.43 bits per heavy atom. The third-order valence-corrected chi connectivity index (χ3v) is 2.35. The maximum atomic E-state index is 13.0. The lowest BCUT2D eigenvalue weighted by atomic mass is 9.90. The smallest absolute Gasteiger partial charge is 0.123 e. The zero-order valence-corrected chi connectivity index (χ0v) is 8.76. The summed E-state index contributed by atoms with van der Waals surface area (Å²) in [7, 11) is 0. The summed E-state index contributed by atoms with van der Waals surface area (Å²) in [6.07, 6.45) is 1.74. The Morgan fingerprint density at radius 2 is 1.93 bits per heavy atom. The number of hydrogen-bond donors (Lipinski definition) is 0. The van der Waals surface area contributed by atoms with Crippen molar-refractivity contribution in [3.8, 4) is 0 Å². The Kier molecular flexibility index (Phi) is 3.45. The lowest BCUT2D eigenvalue weighted by Crippen LogP contribution is -2.00. The van der Waals surface area contributed by atoms with Gasteiger partial charge in [0.05, 0.1) is 0 Å². The van der Waals surface area contributed by atoms with Crippen LogP contribution in [0.5, 0.6) is 0 Å². The van der Waals surface area contributed by atoms with Gasteiger partial charge in [0.15, 0.2) is 0 Å². The van der Waals surface area contributed by atoms with E-state index in [1.165, 1.54) is 6.07 Å². The van der Waals surface area contributed by atoms with Crippen LogP contribution in [-0.2, 0) is 0 Å². The van der Waals surface area contributed by atoms with Gasteiger partial charge in [0, 0.05) is 5.92 Å². The Labute approximate surface area is 85.5 Å². The molecule has 0 saturated carbocycles. The van der Waals surface area contributed by atoms with Gasteiger partial charge in [-0.1, -0.05) is 26.0 Å². The largest absolute Gasteiger partial charge is 0.207 e. The molecule has 0 N–H and O–H groups in total. The standard InChI is InChI=1S/C13H16F/c1-5-10(4)13-8-11(14)6-7-12(13)9(2)3/h5-10H,1,4H2,2-3H3. The van der Waals surface area contributed by atoms with Crippen molar-refractivity contribution in [2.45, 2.75) is 25.7 Å². The first kappa shape index (κ1) is 11.0. The van der Waals surface area contributed by atoms with Crippen LogP contribution >= 0.6 is 0 Å². The molecule has 0 aliphatic rings. The molecule has 0 aliphatic heterocycles. The Hall–Kier alpha value is -1.11. The monoisotopic (exact) mass is 191 g/mol. The fraction of sp³-hybridized carbons (Fsp3) is 0.308. The second kappa shape index (κ2) is 4.41. The summed E-state index contributed by atoms with van der Waals surface area (Å²) < 4.78 is 13.0. The van der Waals surface area contributed by atoms with E-state index in [1.807, 2.05) is 6.07 Å². The quantitative estimate of drug-likeness (QED) is 0.632. The summed E-state index contributed by atoms with van der Waals surface area (Å²) >= 11 is 0. The molecule has 0 amide bonds. The number of rotatable bonds is 3.